The third-order valence-corrected chi connectivity index (χ3v) is 3.45. The van der Waals surface area contributed by atoms with Crippen LogP contribution in [0.5, 0.6) is 0 Å². The highest BCUT2D eigenvalue weighted by molar-refractivity contribution is 9.10. The molecule has 0 unspecified atom stereocenters. The molecule has 3 aromatic rings. The molecule has 7 heteroatoms. The van der Waals surface area contributed by atoms with E-state index in [1.54, 1.807) is 24.3 Å². The summed E-state index contributed by atoms with van der Waals surface area (Å²) < 4.78 is 0.575. The van der Waals surface area contributed by atoms with Crippen molar-refractivity contribution in [3.05, 3.63) is 57.9 Å². The SMILES string of the molecule is O=C(Nc1nc2ccccc2nc1Cl)c1ccnc(Br)c1. The maximum atomic E-state index is 12.2. The number of halogens is 2. The summed E-state index contributed by atoms with van der Waals surface area (Å²) in [4.78, 5) is 24.7. The number of carbonyl (C=O) groups is 1. The quantitative estimate of drug-likeness (QED) is 0.705. The van der Waals surface area contributed by atoms with Gasteiger partial charge in [0.05, 0.1) is 11.0 Å². The zero-order valence-electron chi connectivity index (χ0n) is 10.5. The van der Waals surface area contributed by atoms with Crippen molar-refractivity contribution in [1.82, 2.24) is 15.0 Å². The molecule has 0 bridgehead atoms. The molecule has 0 atom stereocenters. The molecule has 5 nitrogen and oxygen atoms in total. The standard InChI is InChI=1S/C14H8BrClN4O/c15-11-7-8(5-6-17-11)14(21)20-13-12(16)18-9-3-1-2-4-10(9)19-13/h1-7H,(H,19,20,21). The van der Waals surface area contributed by atoms with Crippen LogP contribution < -0.4 is 5.32 Å². The first-order valence-electron chi connectivity index (χ1n) is 5.99. The molecule has 0 aliphatic heterocycles. The van der Waals surface area contributed by atoms with Gasteiger partial charge in [0, 0.05) is 11.8 Å². The normalized spacial score (nSPS) is 10.6. The maximum Gasteiger partial charge on any atom is 0.257 e. The molecule has 1 amide bonds. The summed E-state index contributed by atoms with van der Waals surface area (Å²) in [5.74, 6) is -0.0992. The van der Waals surface area contributed by atoms with E-state index in [0.29, 0.717) is 21.2 Å². The molecule has 0 fully saturated rings. The second kappa shape index (κ2) is 5.75. The van der Waals surface area contributed by atoms with Crippen molar-refractivity contribution in [3.63, 3.8) is 0 Å². The van der Waals surface area contributed by atoms with Gasteiger partial charge in [0.1, 0.15) is 4.60 Å². The summed E-state index contributed by atoms with van der Waals surface area (Å²) in [6.45, 7) is 0. The molecule has 0 aliphatic carbocycles. The number of benzene rings is 1. The summed E-state index contributed by atoms with van der Waals surface area (Å²) in [6.07, 6.45) is 1.53. The minimum absolute atomic E-state index is 0.148. The van der Waals surface area contributed by atoms with Gasteiger partial charge in [-0.25, -0.2) is 15.0 Å². The van der Waals surface area contributed by atoms with E-state index in [2.05, 4.69) is 36.2 Å². The minimum Gasteiger partial charge on any atom is -0.304 e. The van der Waals surface area contributed by atoms with Crippen molar-refractivity contribution in [2.45, 2.75) is 0 Å². The Hall–Kier alpha value is -2.05. The molecular formula is C14H8BrClN4O. The number of hydrogen-bond acceptors (Lipinski definition) is 4. The van der Waals surface area contributed by atoms with Gasteiger partial charge in [-0.1, -0.05) is 23.7 Å². The fraction of sp³-hybridized carbons (Fsp3) is 0. The lowest BCUT2D eigenvalue weighted by molar-refractivity contribution is 0.102. The first kappa shape index (κ1) is 13.9. The molecule has 21 heavy (non-hydrogen) atoms. The van der Waals surface area contributed by atoms with Crippen LogP contribution in [-0.2, 0) is 0 Å². The van der Waals surface area contributed by atoms with Gasteiger partial charge in [-0.15, -0.1) is 0 Å². The average molecular weight is 364 g/mol. The Kier molecular flexibility index (Phi) is 3.81. The molecule has 1 N–H and O–H groups in total. The van der Waals surface area contributed by atoms with Crippen LogP contribution in [0.1, 0.15) is 10.4 Å². The van der Waals surface area contributed by atoms with Crippen LogP contribution in [0, 0.1) is 0 Å². The first-order chi connectivity index (χ1) is 10.1. The van der Waals surface area contributed by atoms with Gasteiger partial charge in [-0.3, -0.25) is 4.79 Å². The van der Waals surface area contributed by atoms with E-state index < -0.39 is 0 Å². The molecule has 104 valence electrons. The molecule has 3 rings (SSSR count). The zero-order valence-corrected chi connectivity index (χ0v) is 12.9. The lowest BCUT2D eigenvalue weighted by Gasteiger charge is -2.07. The summed E-state index contributed by atoms with van der Waals surface area (Å²) in [7, 11) is 0. The number of hydrogen-bond donors (Lipinski definition) is 1. The fourth-order valence-electron chi connectivity index (χ4n) is 1.78. The minimum atomic E-state index is -0.329. The van der Waals surface area contributed by atoms with E-state index >= 15 is 0 Å². The Morgan fingerprint density at radius 3 is 2.57 bits per heavy atom. The monoisotopic (exact) mass is 362 g/mol. The Morgan fingerprint density at radius 1 is 1.14 bits per heavy atom. The third kappa shape index (κ3) is 3.01. The van der Waals surface area contributed by atoms with E-state index in [1.807, 2.05) is 12.1 Å². The number of carbonyl (C=O) groups excluding carboxylic acids is 1. The summed E-state index contributed by atoms with van der Waals surface area (Å²) in [6, 6.07) is 10.5. The predicted molar refractivity (Wildman–Crippen MR) is 84.4 cm³/mol. The number of amides is 1. The van der Waals surface area contributed by atoms with E-state index in [1.165, 1.54) is 6.20 Å². The number of para-hydroxylation sites is 2. The smallest absolute Gasteiger partial charge is 0.257 e. The van der Waals surface area contributed by atoms with Crippen LogP contribution in [0.25, 0.3) is 11.0 Å². The molecule has 1 aromatic carbocycles. The van der Waals surface area contributed by atoms with Gasteiger partial charge in [0.15, 0.2) is 11.0 Å². The van der Waals surface area contributed by atoms with Crippen molar-refractivity contribution >= 4 is 50.3 Å². The predicted octanol–water partition coefficient (Wildman–Crippen LogP) is 3.69. The molecular weight excluding hydrogens is 356 g/mol. The summed E-state index contributed by atoms with van der Waals surface area (Å²) in [5, 5.41) is 2.80. The second-order valence-corrected chi connectivity index (χ2v) is 5.34. The Balaban J connectivity index is 1.94. The number of nitrogens with zero attached hydrogens (tertiary/aromatic N) is 3. The lowest BCUT2D eigenvalue weighted by Crippen LogP contribution is -2.14. The van der Waals surface area contributed by atoms with Gasteiger partial charge in [0.2, 0.25) is 0 Å². The Labute approximate surface area is 133 Å². The summed E-state index contributed by atoms with van der Waals surface area (Å²) >= 11 is 9.27. The van der Waals surface area contributed by atoms with Gasteiger partial charge in [0.25, 0.3) is 5.91 Å². The van der Waals surface area contributed by atoms with Gasteiger partial charge in [-0.2, -0.15) is 0 Å². The average Bonchev–Trinajstić information content (AvgIpc) is 2.48. The highest BCUT2D eigenvalue weighted by Gasteiger charge is 2.12. The molecule has 0 spiro atoms. The maximum absolute atomic E-state index is 12.2. The van der Waals surface area contributed by atoms with Crippen LogP contribution in [0.15, 0.2) is 47.2 Å². The van der Waals surface area contributed by atoms with Gasteiger partial charge in [-0.05, 0) is 40.2 Å². The molecule has 0 radical (unpaired) electrons. The fourth-order valence-corrected chi connectivity index (χ4v) is 2.33. The topological polar surface area (TPSA) is 67.8 Å². The Morgan fingerprint density at radius 2 is 1.86 bits per heavy atom. The Bertz CT molecular complexity index is 840. The number of rotatable bonds is 2. The molecule has 2 heterocycles. The van der Waals surface area contributed by atoms with E-state index in [4.69, 9.17) is 11.6 Å². The third-order valence-electron chi connectivity index (χ3n) is 2.75. The first-order valence-corrected chi connectivity index (χ1v) is 7.16. The highest BCUT2D eigenvalue weighted by atomic mass is 79.9. The van der Waals surface area contributed by atoms with Crippen LogP contribution in [0.3, 0.4) is 0 Å². The molecule has 0 aliphatic rings. The van der Waals surface area contributed by atoms with Crippen LogP contribution in [0.2, 0.25) is 5.15 Å². The van der Waals surface area contributed by atoms with E-state index in [9.17, 15) is 4.79 Å². The van der Waals surface area contributed by atoms with Crippen LogP contribution in [0.4, 0.5) is 5.82 Å². The molecule has 0 saturated heterocycles. The lowest BCUT2D eigenvalue weighted by atomic mass is 10.2. The molecule has 0 saturated carbocycles. The molecule has 2 aromatic heterocycles. The van der Waals surface area contributed by atoms with Crippen LogP contribution >= 0.6 is 27.5 Å². The summed E-state index contributed by atoms with van der Waals surface area (Å²) in [5.41, 5.74) is 1.78. The zero-order chi connectivity index (χ0) is 14.8. The van der Waals surface area contributed by atoms with Crippen molar-refractivity contribution < 1.29 is 4.79 Å². The van der Waals surface area contributed by atoms with Gasteiger partial charge < -0.3 is 5.32 Å². The number of pyridine rings is 1. The van der Waals surface area contributed by atoms with E-state index in [0.717, 1.165) is 0 Å². The number of fused-ring (bicyclic) bond motifs is 1. The largest absolute Gasteiger partial charge is 0.304 e. The number of aromatic nitrogens is 3. The number of nitrogens with one attached hydrogen (secondary N) is 1. The van der Waals surface area contributed by atoms with Crippen molar-refractivity contribution in [3.8, 4) is 0 Å². The van der Waals surface area contributed by atoms with Crippen LogP contribution in [-0.4, -0.2) is 20.9 Å². The number of anilines is 1. The van der Waals surface area contributed by atoms with Crippen molar-refractivity contribution in [2.75, 3.05) is 5.32 Å². The second-order valence-electron chi connectivity index (χ2n) is 4.17. The van der Waals surface area contributed by atoms with Gasteiger partial charge >= 0.3 is 0 Å². The van der Waals surface area contributed by atoms with Crippen molar-refractivity contribution in [1.29, 1.82) is 0 Å². The van der Waals surface area contributed by atoms with E-state index in [-0.39, 0.29) is 16.9 Å². The van der Waals surface area contributed by atoms with Crippen molar-refractivity contribution in [2.24, 2.45) is 0 Å². The highest BCUT2D eigenvalue weighted by Crippen LogP contribution is 2.21.